The molecule has 0 aliphatic heterocycles. The Morgan fingerprint density at radius 2 is 0.700 bits per heavy atom. The van der Waals surface area contributed by atoms with Gasteiger partial charge in [0.15, 0.2) is 0 Å². The van der Waals surface area contributed by atoms with Crippen molar-refractivity contribution < 1.29 is 107 Å². The fourth-order valence-corrected chi connectivity index (χ4v) is 6.88. The summed E-state index contributed by atoms with van der Waals surface area (Å²) in [4.78, 5) is 0. The van der Waals surface area contributed by atoms with Crippen LogP contribution in [-0.2, 0) is 99.8 Å². The number of hydrogen-bond donors (Lipinski definition) is 1. The third-order valence-electron chi connectivity index (χ3n) is 10.6. The summed E-state index contributed by atoms with van der Waals surface area (Å²) in [5, 5.41) is 0. The summed E-state index contributed by atoms with van der Waals surface area (Å²) in [5.41, 5.74) is 2.31. The molecule has 0 aromatic heterocycles. The molecule has 3 atom stereocenters. The zero-order valence-corrected chi connectivity index (χ0v) is 48.1. The van der Waals surface area contributed by atoms with Crippen LogP contribution in [-0.4, -0.2) is 263 Å². The van der Waals surface area contributed by atoms with Gasteiger partial charge in [-0.05, 0) is 11.6 Å². The molecule has 0 amide bonds. The van der Waals surface area contributed by atoms with Crippen molar-refractivity contribution in [2.45, 2.75) is 25.0 Å². The minimum absolute atomic E-state index is 0.0214. The highest BCUT2D eigenvalue weighted by Crippen LogP contribution is 2.31. The van der Waals surface area contributed by atoms with Gasteiger partial charge in [-0.3, -0.25) is 4.55 Å². The van der Waals surface area contributed by atoms with E-state index in [4.69, 9.17) is 94.6 Å². The molecule has 1 N–H and O–H groups in total. The molecule has 2 rings (SSSR count). The van der Waals surface area contributed by atoms with E-state index in [1.54, 1.807) is 12.2 Å². The van der Waals surface area contributed by atoms with Gasteiger partial charge in [0.1, 0.15) is 24.6 Å². The average molecular weight is 1170 g/mol. The molecule has 0 radical (unpaired) electrons. The number of benzene rings is 2. The number of para-hydroxylation sites is 1. The van der Waals surface area contributed by atoms with Crippen LogP contribution in [0.4, 0.5) is 0 Å². The van der Waals surface area contributed by atoms with Crippen LogP contribution in [0.1, 0.15) is 24.0 Å². The van der Waals surface area contributed by atoms with Gasteiger partial charge in [-0.15, -0.1) is 13.2 Å². The van der Waals surface area contributed by atoms with Gasteiger partial charge in [0, 0.05) is 11.5 Å². The monoisotopic (exact) mass is 1170 g/mol. The van der Waals surface area contributed by atoms with Crippen LogP contribution >= 0.6 is 0 Å². The molecule has 0 aliphatic carbocycles. The third kappa shape index (κ3) is 46.4. The Morgan fingerprint density at radius 1 is 0.388 bits per heavy atom. The third-order valence-corrected chi connectivity index (χ3v) is 11.0. The molecule has 0 aliphatic rings. The first-order valence-corrected chi connectivity index (χ1v) is 28.8. The van der Waals surface area contributed by atoms with E-state index < -0.39 is 10.4 Å². The Bertz CT molecular complexity index is 1770. The molecular formula is C56H94O23S. The lowest BCUT2D eigenvalue weighted by Crippen LogP contribution is -2.34. The van der Waals surface area contributed by atoms with Gasteiger partial charge in [-0.2, -0.15) is 8.42 Å². The molecule has 0 saturated heterocycles. The minimum atomic E-state index is -4.44. The van der Waals surface area contributed by atoms with E-state index in [0.29, 0.717) is 211 Å². The molecule has 23 nitrogen and oxygen atoms in total. The molecule has 0 spiro atoms. The van der Waals surface area contributed by atoms with Crippen molar-refractivity contribution in [1.82, 2.24) is 0 Å². The second kappa shape index (κ2) is 55.1. The molecule has 462 valence electrons. The molecule has 24 heteroatoms. The van der Waals surface area contributed by atoms with Crippen molar-refractivity contribution in [2.75, 3.05) is 238 Å². The molecule has 80 heavy (non-hydrogen) atoms. The Balaban J connectivity index is 1.30. The van der Waals surface area contributed by atoms with Gasteiger partial charge in [-0.25, -0.2) is 4.18 Å². The van der Waals surface area contributed by atoms with E-state index >= 15 is 0 Å². The summed E-state index contributed by atoms with van der Waals surface area (Å²) in [7, 11) is -4.44. The second-order valence-electron chi connectivity index (χ2n) is 16.9. The summed E-state index contributed by atoms with van der Waals surface area (Å²) < 4.78 is 140. The number of hydrogen-bond acceptors (Lipinski definition) is 22. The maximum absolute atomic E-state index is 10.4. The highest BCUT2D eigenvalue weighted by atomic mass is 32.3. The van der Waals surface area contributed by atoms with Crippen molar-refractivity contribution in [2.24, 2.45) is 0 Å². The molecular weight excluding hydrogens is 1070 g/mol. The standard InChI is InChI=1S/C56H94O23S/c1-4-15-74-47-53(49-77-54(48-75-16-5-2)50-78-56-14-10-9-13-55(56)51(3)52-11-7-6-8-12-52)76-45-43-72-41-39-70-37-35-68-33-31-66-29-27-64-25-23-62-21-19-60-17-18-61-20-22-63-24-26-65-28-30-67-32-34-69-36-38-71-40-42-73-44-46-79-80(57,58)59/h4-14,51,53-54H,1-2,15-50H2,3H3,(H,57,58,59). The highest BCUT2D eigenvalue weighted by molar-refractivity contribution is 7.80. The van der Waals surface area contributed by atoms with Crippen LogP contribution in [0, 0.1) is 0 Å². The maximum atomic E-state index is 10.4. The van der Waals surface area contributed by atoms with Crippen LogP contribution in [0.5, 0.6) is 5.75 Å². The van der Waals surface area contributed by atoms with E-state index in [9.17, 15) is 8.42 Å². The van der Waals surface area contributed by atoms with Gasteiger partial charge < -0.3 is 90.0 Å². The summed E-state index contributed by atoms with van der Waals surface area (Å²) in [6.07, 6.45) is 2.70. The fourth-order valence-electron chi connectivity index (χ4n) is 6.60. The summed E-state index contributed by atoms with van der Waals surface area (Å²) in [5.74, 6) is 0.958. The lowest BCUT2D eigenvalue weighted by molar-refractivity contribution is -0.104. The maximum Gasteiger partial charge on any atom is 0.397 e. The van der Waals surface area contributed by atoms with Gasteiger partial charge >= 0.3 is 10.4 Å². The first-order valence-electron chi connectivity index (χ1n) is 27.4. The van der Waals surface area contributed by atoms with Crippen molar-refractivity contribution in [1.29, 1.82) is 0 Å². The quantitative estimate of drug-likeness (QED) is 0.0547. The van der Waals surface area contributed by atoms with Gasteiger partial charge in [-0.1, -0.05) is 67.6 Å². The molecule has 2 aromatic carbocycles. The average Bonchev–Trinajstić information content (AvgIpc) is 3.48. The predicted octanol–water partition coefficient (Wildman–Crippen LogP) is 4.44. The SMILES string of the molecule is C=CCOCC(COc1ccccc1C(C)c1ccccc1)OCC(COCC=C)OCCOCCOCCOCCOCCOCCOCCOCCOCCOCCOCCOCCOCCOCCOCCOS(=O)(=O)O. The first-order chi connectivity index (χ1) is 39.3. The first kappa shape index (κ1) is 73.0. The van der Waals surface area contributed by atoms with Crippen molar-refractivity contribution in [3.05, 3.63) is 91.0 Å². The van der Waals surface area contributed by atoms with E-state index in [0.717, 1.165) is 11.3 Å². The lowest BCUT2D eigenvalue weighted by Gasteiger charge is -2.24. The second-order valence-corrected chi connectivity index (χ2v) is 18.0. The summed E-state index contributed by atoms with van der Waals surface area (Å²) in [6.45, 7) is 23.5. The molecule has 2 aromatic rings. The Morgan fingerprint density at radius 3 is 1.05 bits per heavy atom. The lowest BCUT2D eigenvalue weighted by atomic mass is 9.92. The smallest absolute Gasteiger partial charge is 0.397 e. The van der Waals surface area contributed by atoms with Crippen LogP contribution < -0.4 is 4.74 Å². The molecule has 0 saturated carbocycles. The predicted molar refractivity (Wildman–Crippen MR) is 296 cm³/mol. The topological polar surface area (TPSA) is 239 Å². The van der Waals surface area contributed by atoms with Crippen LogP contribution in [0.3, 0.4) is 0 Å². The number of rotatable bonds is 63. The van der Waals surface area contributed by atoms with Crippen molar-refractivity contribution in [3.8, 4) is 5.75 Å². The van der Waals surface area contributed by atoms with Crippen LogP contribution in [0.25, 0.3) is 0 Å². The Hall–Kier alpha value is -3.13. The molecule has 0 fully saturated rings. The van der Waals surface area contributed by atoms with Gasteiger partial charge in [0.25, 0.3) is 0 Å². The molecule has 0 bridgehead atoms. The summed E-state index contributed by atoms with van der Waals surface area (Å²) >= 11 is 0. The zero-order valence-electron chi connectivity index (χ0n) is 47.3. The van der Waals surface area contributed by atoms with Gasteiger partial charge in [0.2, 0.25) is 0 Å². The Labute approximate surface area is 475 Å². The van der Waals surface area contributed by atoms with Crippen molar-refractivity contribution in [3.63, 3.8) is 0 Å². The minimum Gasteiger partial charge on any atom is -0.490 e. The van der Waals surface area contributed by atoms with Crippen LogP contribution in [0.15, 0.2) is 79.9 Å². The largest absolute Gasteiger partial charge is 0.490 e. The van der Waals surface area contributed by atoms with Crippen molar-refractivity contribution >= 4 is 10.4 Å². The normalized spacial score (nSPS) is 12.9. The molecule has 3 unspecified atom stereocenters. The molecule has 0 heterocycles. The Kier molecular flexibility index (Phi) is 50.2. The van der Waals surface area contributed by atoms with Gasteiger partial charge in [0.05, 0.1) is 231 Å². The highest BCUT2D eigenvalue weighted by Gasteiger charge is 2.19. The fraction of sp³-hybridized carbons (Fsp3) is 0.714. The van der Waals surface area contributed by atoms with E-state index in [-0.39, 0.29) is 44.6 Å². The van der Waals surface area contributed by atoms with Crippen LogP contribution in [0.2, 0.25) is 0 Å². The van der Waals surface area contributed by atoms with E-state index in [2.05, 4.69) is 42.5 Å². The zero-order chi connectivity index (χ0) is 57.3. The summed E-state index contributed by atoms with van der Waals surface area (Å²) in [6, 6.07) is 18.4. The number of ether oxygens (including phenoxy) is 19. The van der Waals surface area contributed by atoms with E-state index in [1.165, 1.54) is 5.56 Å². The van der Waals surface area contributed by atoms with E-state index in [1.807, 2.05) is 36.4 Å².